The highest BCUT2D eigenvalue weighted by molar-refractivity contribution is 5.82. The molecule has 0 saturated heterocycles. The van der Waals surface area contributed by atoms with Crippen LogP contribution in [0.1, 0.15) is 36.8 Å². The van der Waals surface area contributed by atoms with Gasteiger partial charge in [-0.15, -0.1) is 0 Å². The van der Waals surface area contributed by atoms with Gasteiger partial charge < -0.3 is 14.6 Å². The maximum atomic E-state index is 11.9. The van der Waals surface area contributed by atoms with Crippen LogP contribution in [0.4, 0.5) is 0 Å². The Kier molecular flexibility index (Phi) is 5.76. The van der Waals surface area contributed by atoms with Crippen molar-refractivity contribution >= 4 is 5.97 Å². The second kappa shape index (κ2) is 7.57. The van der Waals surface area contributed by atoms with Crippen molar-refractivity contribution in [2.24, 2.45) is 0 Å². The van der Waals surface area contributed by atoms with Gasteiger partial charge in [0.2, 0.25) is 0 Å². The second-order valence-corrected chi connectivity index (χ2v) is 5.61. The average molecular weight is 292 g/mol. The van der Waals surface area contributed by atoms with E-state index in [-0.39, 0.29) is 0 Å². The normalized spacial score (nSPS) is 21.0. The van der Waals surface area contributed by atoms with Crippen molar-refractivity contribution in [1.82, 2.24) is 0 Å². The minimum atomic E-state index is -0.737. The van der Waals surface area contributed by atoms with Gasteiger partial charge in [-0.1, -0.05) is 24.3 Å². The molecule has 2 rings (SSSR count). The van der Waals surface area contributed by atoms with Gasteiger partial charge >= 0.3 is 5.97 Å². The van der Waals surface area contributed by atoms with Crippen LogP contribution in [0.5, 0.6) is 0 Å². The highest BCUT2D eigenvalue weighted by atomic mass is 16.5. The van der Waals surface area contributed by atoms with Gasteiger partial charge in [-0.05, 0) is 43.2 Å². The molecule has 0 radical (unpaired) electrons. The lowest BCUT2D eigenvalue weighted by molar-refractivity contribution is -0.145. The summed E-state index contributed by atoms with van der Waals surface area (Å²) in [5.41, 5.74) is 1.45. The summed E-state index contributed by atoms with van der Waals surface area (Å²) in [6.07, 6.45) is 4.03. The number of methoxy groups -OCH3 is 1. The van der Waals surface area contributed by atoms with Crippen molar-refractivity contribution in [3.8, 4) is 0 Å². The quantitative estimate of drug-likeness (QED) is 0.749. The Bertz CT molecular complexity index is 472. The number of benzene rings is 1. The first-order valence-corrected chi connectivity index (χ1v) is 7.59. The van der Waals surface area contributed by atoms with E-state index in [0.717, 1.165) is 31.2 Å². The first-order valence-electron chi connectivity index (χ1n) is 7.59. The molecule has 4 heteroatoms. The number of carbonyl (C=O) groups is 1. The Hall–Kier alpha value is -1.39. The lowest BCUT2D eigenvalue weighted by atomic mass is 9.67. The van der Waals surface area contributed by atoms with Crippen LogP contribution < -0.4 is 0 Å². The highest BCUT2D eigenvalue weighted by Crippen LogP contribution is 2.41. The van der Waals surface area contributed by atoms with Crippen LogP contribution in [0.2, 0.25) is 0 Å². The van der Waals surface area contributed by atoms with Gasteiger partial charge in [0.15, 0.2) is 0 Å². The molecule has 1 atom stereocenters. The van der Waals surface area contributed by atoms with E-state index in [2.05, 4.69) is 6.07 Å². The third-order valence-corrected chi connectivity index (χ3v) is 4.32. The van der Waals surface area contributed by atoms with Crippen molar-refractivity contribution in [2.75, 3.05) is 26.9 Å². The van der Waals surface area contributed by atoms with Gasteiger partial charge in [-0.3, -0.25) is 4.79 Å². The minimum absolute atomic E-state index is 0.563. The number of aliphatic carboxylic acids is 1. The molecule has 21 heavy (non-hydrogen) atoms. The Morgan fingerprint density at radius 1 is 1.29 bits per heavy atom. The van der Waals surface area contributed by atoms with Gasteiger partial charge in [-0.2, -0.15) is 0 Å². The molecule has 0 amide bonds. The van der Waals surface area contributed by atoms with Crippen molar-refractivity contribution < 1.29 is 19.4 Å². The maximum Gasteiger partial charge on any atom is 0.314 e. The average Bonchev–Trinajstić information content (AvgIpc) is 2.50. The molecule has 1 unspecified atom stereocenters. The van der Waals surface area contributed by atoms with Crippen LogP contribution in [0.15, 0.2) is 24.3 Å². The molecule has 0 aliphatic heterocycles. The van der Waals surface area contributed by atoms with E-state index in [1.165, 1.54) is 5.56 Å². The number of carboxylic acid groups (broad SMARTS) is 1. The molecule has 4 nitrogen and oxygen atoms in total. The van der Waals surface area contributed by atoms with E-state index in [4.69, 9.17) is 9.47 Å². The molecule has 0 spiro atoms. The Labute approximate surface area is 126 Å². The van der Waals surface area contributed by atoms with Crippen LogP contribution in [-0.4, -0.2) is 38.0 Å². The molecule has 1 aliphatic rings. The fourth-order valence-corrected chi connectivity index (χ4v) is 3.23. The molecule has 1 N–H and O–H groups in total. The fourth-order valence-electron chi connectivity index (χ4n) is 3.23. The SMILES string of the molecule is COCCOCCCC1(C(=O)O)CCCc2ccccc21. The summed E-state index contributed by atoms with van der Waals surface area (Å²) in [5.74, 6) is -0.702. The summed E-state index contributed by atoms with van der Waals surface area (Å²) >= 11 is 0. The topological polar surface area (TPSA) is 55.8 Å². The first kappa shape index (κ1) is 16.0. The lowest BCUT2D eigenvalue weighted by Crippen LogP contribution is -2.39. The van der Waals surface area contributed by atoms with E-state index >= 15 is 0 Å². The minimum Gasteiger partial charge on any atom is -0.481 e. The lowest BCUT2D eigenvalue weighted by Gasteiger charge is -2.35. The van der Waals surface area contributed by atoms with Crippen LogP contribution in [-0.2, 0) is 26.1 Å². The standard InChI is InChI=1S/C17H24O4/c1-20-12-13-21-11-5-10-17(16(18)19)9-4-7-14-6-2-3-8-15(14)17/h2-3,6,8H,4-5,7,9-13H2,1H3,(H,18,19). The van der Waals surface area contributed by atoms with E-state index in [0.29, 0.717) is 26.2 Å². The summed E-state index contributed by atoms with van der Waals surface area (Å²) in [6.45, 7) is 1.72. The predicted molar refractivity (Wildman–Crippen MR) is 80.6 cm³/mol. The molecule has 1 aromatic carbocycles. The van der Waals surface area contributed by atoms with Gasteiger partial charge in [-0.25, -0.2) is 0 Å². The number of ether oxygens (including phenoxy) is 2. The zero-order valence-corrected chi connectivity index (χ0v) is 12.6. The summed E-state index contributed by atoms with van der Waals surface area (Å²) in [6, 6.07) is 7.97. The summed E-state index contributed by atoms with van der Waals surface area (Å²) in [5, 5.41) is 9.82. The molecule has 0 heterocycles. The Morgan fingerprint density at radius 3 is 2.86 bits per heavy atom. The van der Waals surface area contributed by atoms with Crippen LogP contribution >= 0.6 is 0 Å². The molecule has 1 aliphatic carbocycles. The maximum absolute atomic E-state index is 11.9. The van der Waals surface area contributed by atoms with Crippen LogP contribution in [0, 0.1) is 0 Å². The molecule has 0 fully saturated rings. The first-order chi connectivity index (χ1) is 10.2. The zero-order valence-electron chi connectivity index (χ0n) is 12.6. The molecular weight excluding hydrogens is 268 g/mol. The van der Waals surface area contributed by atoms with Crippen molar-refractivity contribution in [3.05, 3.63) is 35.4 Å². The smallest absolute Gasteiger partial charge is 0.314 e. The second-order valence-electron chi connectivity index (χ2n) is 5.61. The summed E-state index contributed by atoms with van der Waals surface area (Å²) < 4.78 is 10.4. The van der Waals surface area contributed by atoms with Crippen LogP contribution in [0.3, 0.4) is 0 Å². The third kappa shape index (κ3) is 3.63. The monoisotopic (exact) mass is 292 g/mol. The van der Waals surface area contributed by atoms with E-state index in [1.54, 1.807) is 7.11 Å². The van der Waals surface area contributed by atoms with E-state index in [1.807, 2.05) is 18.2 Å². The van der Waals surface area contributed by atoms with Crippen molar-refractivity contribution in [3.63, 3.8) is 0 Å². The summed E-state index contributed by atoms with van der Waals surface area (Å²) in [4.78, 5) is 11.9. The molecule has 1 aromatic rings. The zero-order chi connectivity index (χ0) is 15.1. The Morgan fingerprint density at radius 2 is 2.10 bits per heavy atom. The van der Waals surface area contributed by atoms with E-state index < -0.39 is 11.4 Å². The van der Waals surface area contributed by atoms with Gasteiger partial charge in [0, 0.05) is 13.7 Å². The van der Waals surface area contributed by atoms with E-state index in [9.17, 15) is 9.90 Å². The fraction of sp³-hybridized carbons (Fsp3) is 0.588. The molecular formula is C17H24O4. The number of hydrogen-bond donors (Lipinski definition) is 1. The van der Waals surface area contributed by atoms with Gasteiger partial charge in [0.1, 0.15) is 0 Å². The molecule has 0 aromatic heterocycles. The molecule has 0 bridgehead atoms. The Balaban J connectivity index is 2.03. The largest absolute Gasteiger partial charge is 0.481 e. The van der Waals surface area contributed by atoms with Gasteiger partial charge in [0.05, 0.1) is 18.6 Å². The number of aryl methyl sites for hydroxylation is 1. The summed E-state index contributed by atoms with van der Waals surface area (Å²) in [7, 11) is 1.64. The number of rotatable bonds is 8. The van der Waals surface area contributed by atoms with Crippen LogP contribution in [0.25, 0.3) is 0 Å². The number of fused-ring (bicyclic) bond motifs is 1. The predicted octanol–water partition coefficient (Wildman–Crippen LogP) is 2.79. The number of hydrogen-bond acceptors (Lipinski definition) is 3. The number of carboxylic acids is 1. The van der Waals surface area contributed by atoms with Crippen molar-refractivity contribution in [2.45, 2.75) is 37.5 Å². The highest BCUT2D eigenvalue weighted by Gasteiger charge is 2.42. The van der Waals surface area contributed by atoms with Gasteiger partial charge in [0.25, 0.3) is 0 Å². The molecule has 0 saturated carbocycles. The van der Waals surface area contributed by atoms with Crippen molar-refractivity contribution in [1.29, 1.82) is 0 Å². The third-order valence-electron chi connectivity index (χ3n) is 4.32. The molecule has 116 valence electrons.